The van der Waals surface area contributed by atoms with E-state index in [0.29, 0.717) is 26.3 Å². The molecule has 2 aliphatic heterocycles. The highest BCUT2D eigenvalue weighted by Crippen LogP contribution is 2.25. The maximum Gasteiger partial charge on any atom is 0.325 e. The van der Waals surface area contributed by atoms with Crippen molar-refractivity contribution in [3.63, 3.8) is 0 Å². The number of hydrogen-bond donors (Lipinski definition) is 3. The summed E-state index contributed by atoms with van der Waals surface area (Å²) in [5.74, 6) is 0.0852. The third kappa shape index (κ3) is 4.36. The van der Waals surface area contributed by atoms with Gasteiger partial charge in [-0.1, -0.05) is 0 Å². The molecule has 2 aliphatic rings. The molecule has 0 unspecified atom stereocenters. The van der Waals surface area contributed by atoms with E-state index in [4.69, 9.17) is 4.74 Å². The Bertz CT molecular complexity index is 709. The lowest BCUT2D eigenvalue weighted by Crippen LogP contribution is -2.41. The molecule has 1 amide bonds. The van der Waals surface area contributed by atoms with Crippen molar-refractivity contribution >= 4 is 5.91 Å². The first-order valence-electron chi connectivity index (χ1n) is 8.56. The number of aliphatic hydroxyl groups is 1. The van der Waals surface area contributed by atoms with Gasteiger partial charge in [0.1, 0.15) is 0 Å². The van der Waals surface area contributed by atoms with Crippen LogP contribution in [-0.2, 0) is 16.0 Å². The van der Waals surface area contributed by atoms with Crippen LogP contribution < -0.4 is 11.2 Å². The Morgan fingerprint density at radius 3 is 2.64 bits per heavy atom. The maximum atomic E-state index is 12.5. The van der Waals surface area contributed by atoms with Crippen molar-refractivity contribution in [2.24, 2.45) is 11.8 Å². The van der Waals surface area contributed by atoms with E-state index >= 15 is 0 Å². The molecule has 2 atom stereocenters. The van der Waals surface area contributed by atoms with E-state index in [1.807, 2.05) is 0 Å². The molecule has 0 aromatic carbocycles. The van der Waals surface area contributed by atoms with Gasteiger partial charge >= 0.3 is 5.69 Å². The number of hydrogen-bond acceptors (Lipinski definition) is 6. The summed E-state index contributed by atoms with van der Waals surface area (Å²) < 4.78 is 5.35. The van der Waals surface area contributed by atoms with Gasteiger partial charge in [-0.05, 0) is 5.92 Å². The average molecular weight is 352 g/mol. The summed E-state index contributed by atoms with van der Waals surface area (Å²) >= 11 is 0. The number of carbonyl (C=O) groups excluding carboxylic acids is 1. The van der Waals surface area contributed by atoms with Gasteiger partial charge in [0.05, 0.1) is 19.6 Å². The second-order valence-corrected chi connectivity index (χ2v) is 6.69. The molecule has 25 heavy (non-hydrogen) atoms. The fourth-order valence-corrected chi connectivity index (χ4v) is 3.52. The van der Waals surface area contributed by atoms with Crippen molar-refractivity contribution in [3.8, 4) is 0 Å². The molecular formula is C16H24N4O5. The lowest BCUT2D eigenvalue weighted by Gasteiger charge is -2.30. The van der Waals surface area contributed by atoms with Crippen LogP contribution in [0.1, 0.15) is 5.56 Å². The van der Waals surface area contributed by atoms with Gasteiger partial charge in [-0.25, -0.2) is 4.79 Å². The van der Waals surface area contributed by atoms with Crippen molar-refractivity contribution in [1.82, 2.24) is 19.8 Å². The lowest BCUT2D eigenvalue weighted by molar-refractivity contribution is -0.129. The lowest BCUT2D eigenvalue weighted by atomic mass is 9.96. The highest BCUT2D eigenvalue weighted by atomic mass is 16.5. The normalized spacial score (nSPS) is 24.6. The topological polar surface area (TPSA) is 119 Å². The average Bonchev–Trinajstić information content (AvgIpc) is 3.01. The van der Waals surface area contributed by atoms with Crippen LogP contribution in [0.15, 0.2) is 15.8 Å². The molecule has 0 radical (unpaired) electrons. The minimum Gasteiger partial charge on any atom is -0.396 e. The largest absolute Gasteiger partial charge is 0.396 e. The van der Waals surface area contributed by atoms with Gasteiger partial charge in [0, 0.05) is 57.0 Å². The summed E-state index contributed by atoms with van der Waals surface area (Å²) in [5, 5.41) is 9.65. The van der Waals surface area contributed by atoms with Crippen LogP contribution >= 0.6 is 0 Å². The predicted octanol–water partition coefficient (Wildman–Crippen LogP) is -2.00. The van der Waals surface area contributed by atoms with Gasteiger partial charge in [-0.2, -0.15) is 0 Å². The number of ether oxygens (including phenoxy) is 1. The molecule has 0 saturated carbocycles. The smallest absolute Gasteiger partial charge is 0.325 e. The fraction of sp³-hybridized carbons (Fsp3) is 0.688. The van der Waals surface area contributed by atoms with Crippen molar-refractivity contribution < 1.29 is 14.6 Å². The van der Waals surface area contributed by atoms with E-state index in [9.17, 15) is 19.5 Å². The van der Waals surface area contributed by atoms with Crippen molar-refractivity contribution in [3.05, 3.63) is 32.6 Å². The van der Waals surface area contributed by atoms with Crippen LogP contribution in [0.5, 0.6) is 0 Å². The van der Waals surface area contributed by atoms with Crippen molar-refractivity contribution in [2.45, 2.75) is 6.42 Å². The van der Waals surface area contributed by atoms with Gasteiger partial charge in [0.2, 0.25) is 5.91 Å². The molecule has 2 fully saturated rings. The molecule has 0 spiro atoms. The molecule has 9 heteroatoms. The molecule has 1 aromatic rings. The first-order chi connectivity index (χ1) is 12.1. The van der Waals surface area contributed by atoms with Crippen LogP contribution in [-0.4, -0.2) is 83.3 Å². The Labute approximate surface area is 144 Å². The zero-order valence-electron chi connectivity index (χ0n) is 14.1. The Hall–Kier alpha value is -1.97. The Morgan fingerprint density at radius 1 is 1.24 bits per heavy atom. The van der Waals surface area contributed by atoms with Gasteiger partial charge in [-0.3, -0.25) is 19.5 Å². The summed E-state index contributed by atoms with van der Waals surface area (Å²) in [6, 6.07) is 0. The molecule has 9 nitrogen and oxygen atoms in total. The van der Waals surface area contributed by atoms with Gasteiger partial charge in [-0.15, -0.1) is 0 Å². The highest BCUT2D eigenvalue weighted by Gasteiger charge is 2.36. The predicted molar refractivity (Wildman–Crippen MR) is 89.3 cm³/mol. The summed E-state index contributed by atoms with van der Waals surface area (Å²) in [6.07, 6.45) is 1.22. The minimum atomic E-state index is -0.590. The van der Waals surface area contributed by atoms with Crippen molar-refractivity contribution in [2.75, 3.05) is 52.5 Å². The molecule has 3 N–H and O–H groups in total. The summed E-state index contributed by atoms with van der Waals surface area (Å²) in [4.78, 5) is 43.8. The number of rotatable bonds is 5. The number of aliphatic hydroxyl groups excluding tert-OH is 1. The summed E-state index contributed by atoms with van der Waals surface area (Å²) in [5.41, 5.74) is -0.894. The number of nitrogens with one attached hydrogen (secondary N) is 2. The van der Waals surface area contributed by atoms with Crippen LogP contribution in [0.2, 0.25) is 0 Å². The maximum absolute atomic E-state index is 12.5. The molecule has 3 rings (SSSR count). The zero-order valence-corrected chi connectivity index (χ0v) is 14.1. The SMILES string of the molecule is O=C(Cc1c[nH]c(=O)[nH]c1=O)N1C[C@@H](CO)[C@@H](CN2CCOCC2)C1. The molecule has 0 bridgehead atoms. The van der Waals surface area contributed by atoms with Crippen LogP contribution in [0.3, 0.4) is 0 Å². The number of morpholine rings is 1. The van der Waals surface area contributed by atoms with Crippen LogP contribution in [0, 0.1) is 11.8 Å². The Balaban J connectivity index is 1.61. The number of H-pyrrole nitrogens is 2. The van der Waals surface area contributed by atoms with E-state index in [2.05, 4.69) is 14.9 Å². The monoisotopic (exact) mass is 352 g/mol. The summed E-state index contributed by atoms with van der Waals surface area (Å²) in [7, 11) is 0. The Kier molecular flexibility index (Phi) is 5.67. The number of likely N-dealkylation sites (tertiary alicyclic amines) is 1. The number of amides is 1. The summed E-state index contributed by atoms with van der Waals surface area (Å²) in [6.45, 7) is 5.11. The molecule has 2 saturated heterocycles. The Morgan fingerprint density at radius 2 is 1.96 bits per heavy atom. The zero-order chi connectivity index (χ0) is 17.8. The number of nitrogens with zero attached hydrogens (tertiary/aromatic N) is 2. The highest BCUT2D eigenvalue weighted by molar-refractivity contribution is 5.78. The number of aromatic nitrogens is 2. The van der Waals surface area contributed by atoms with E-state index < -0.39 is 11.2 Å². The van der Waals surface area contributed by atoms with E-state index in [0.717, 1.165) is 19.6 Å². The second kappa shape index (κ2) is 7.94. The van der Waals surface area contributed by atoms with Crippen LogP contribution in [0.4, 0.5) is 0 Å². The minimum absolute atomic E-state index is 0.0397. The van der Waals surface area contributed by atoms with E-state index in [1.165, 1.54) is 6.20 Å². The first kappa shape index (κ1) is 17.8. The van der Waals surface area contributed by atoms with Gasteiger partial charge < -0.3 is 19.7 Å². The van der Waals surface area contributed by atoms with Crippen LogP contribution in [0.25, 0.3) is 0 Å². The third-order valence-electron chi connectivity index (χ3n) is 5.00. The van der Waals surface area contributed by atoms with Gasteiger partial charge in [0.15, 0.2) is 0 Å². The number of carbonyl (C=O) groups is 1. The molecular weight excluding hydrogens is 328 g/mol. The molecule has 138 valence electrons. The quantitative estimate of drug-likeness (QED) is 0.564. The number of aromatic amines is 2. The first-order valence-corrected chi connectivity index (χ1v) is 8.56. The molecule has 0 aliphatic carbocycles. The van der Waals surface area contributed by atoms with Gasteiger partial charge in [0.25, 0.3) is 5.56 Å². The third-order valence-corrected chi connectivity index (χ3v) is 5.00. The second-order valence-electron chi connectivity index (χ2n) is 6.69. The standard InChI is InChI=1S/C16H24N4O5/c21-10-13-9-20(8-12(13)7-19-1-3-25-4-2-19)14(22)5-11-6-17-16(24)18-15(11)23/h6,12-13,21H,1-5,7-10H2,(H2,17,18,23,24)/t12-,13-/m0/s1. The molecule has 3 heterocycles. The van der Waals surface area contributed by atoms with E-state index in [1.54, 1.807) is 4.90 Å². The van der Waals surface area contributed by atoms with E-state index in [-0.39, 0.29) is 36.3 Å². The fourth-order valence-electron chi connectivity index (χ4n) is 3.52. The van der Waals surface area contributed by atoms with Crippen molar-refractivity contribution in [1.29, 1.82) is 0 Å². The molecule has 1 aromatic heterocycles.